The van der Waals surface area contributed by atoms with Crippen LogP contribution >= 0.6 is 0 Å². The van der Waals surface area contributed by atoms with Gasteiger partial charge in [0.05, 0.1) is 5.69 Å². The molecule has 1 aliphatic heterocycles. The fourth-order valence-corrected chi connectivity index (χ4v) is 3.65. The Morgan fingerprint density at radius 2 is 2.08 bits per heavy atom. The monoisotopic (exact) mass is 356 g/mol. The predicted molar refractivity (Wildman–Crippen MR) is 100 cm³/mol. The van der Waals surface area contributed by atoms with E-state index in [-0.39, 0.29) is 5.91 Å². The molecule has 140 valence electrons. The van der Waals surface area contributed by atoms with Crippen molar-refractivity contribution >= 4 is 11.7 Å². The van der Waals surface area contributed by atoms with Gasteiger partial charge in [-0.2, -0.15) is 0 Å². The summed E-state index contributed by atoms with van der Waals surface area (Å²) in [5, 5.41) is 0. The molecule has 0 aliphatic carbocycles. The fourth-order valence-electron chi connectivity index (χ4n) is 3.65. The second-order valence-corrected chi connectivity index (χ2v) is 7.32. The minimum atomic E-state index is 0.213. The molecule has 0 bridgehead atoms. The van der Waals surface area contributed by atoms with Gasteiger partial charge in [0.25, 0.3) is 0 Å². The Morgan fingerprint density at radius 3 is 2.85 bits per heavy atom. The van der Waals surface area contributed by atoms with Crippen molar-refractivity contribution in [3.8, 4) is 0 Å². The quantitative estimate of drug-likeness (QED) is 0.857. The summed E-state index contributed by atoms with van der Waals surface area (Å²) in [6.45, 7) is 6.54. The van der Waals surface area contributed by atoms with Gasteiger partial charge in [-0.3, -0.25) is 9.78 Å². The highest BCUT2D eigenvalue weighted by atomic mass is 16.2. The molecule has 1 amide bonds. The van der Waals surface area contributed by atoms with Gasteiger partial charge < -0.3 is 15.2 Å². The molecule has 1 atom stereocenters. The minimum absolute atomic E-state index is 0.213. The molecular weight excluding hydrogens is 328 g/mol. The number of nitrogens with zero attached hydrogens (tertiary/aromatic N) is 5. The van der Waals surface area contributed by atoms with Crippen LogP contribution in [-0.2, 0) is 17.8 Å². The van der Waals surface area contributed by atoms with Gasteiger partial charge in [-0.25, -0.2) is 9.97 Å². The molecule has 26 heavy (non-hydrogen) atoms. The normalized spacial score (nSPS) is 17.7. The first-order valence-electron chi connectivity index (χ1n) is 9.38. The van der Waals surface area contributed by atoms with Crippen LogP contribution in [0.5, 0.6) is 0 Å². The number of carbonyl (C=O) groups excluding carboxylic acids is 1. The molecule has 2 aromatic heterocycles. The predicted octanol–water partition coefficient (Wildman–Crippen LogP) is 2.25. The third kappa shape index (κ3) is 4.39. The zero-order valence-electron chi connectivity index (χ0n) is 15.6. The minimum Gasteiger partial charge on any atom is -0.382 e. The van der Waals surface area contributed by atoms with Gasteiger partial charge in [-0.15, -0.1) is 0 Å². The molecule has 0 aromatic carbocycles. The van der Waals surface area contributed by atoms with E-state index in [0.717, 1.165) is 43.9 Å². The second kappa shape index (κ2) is 8.29. The zero-order chi connectivity index (χ0) is 18.5. The second-order valence-electron chi connectivity index (χ2n) is 7.32. The number of imidazole rings is 1. The van der Waals surface area contributed by atoms with Crippen LogP contribution in [0, 0.1) is 5.92 Å². The summed E-state index contributed by atoms with van der Waals surface area (Å²) in [5.41, 5.74) is 6.75. The molecule has 3 rings (SSSR count). The molecule has 2 aromatic rings. The van der Waals surface area contributed by atoms with E-state index in [4.69, 9.17) is 5.73 Å². The van der Waals surface area contributed by atoms with E-state index in [1.54, 1.807) is 12.4 Å². The molecule has 1 fully saturated rings. The van der Waals surface area contributed by atoms with Crippen LogP contribution in [0.15, 0.2) is 24.8 Å². The van der Waals surface area contributed by atoms with Crippen LogP contribution in [0.4, 0.5) is 5.82 Å². The summed E-state index contributed by atoms with van der Waals surface area (Å²) in [6, 6.07) is 0. The maximum atomic E-state index is 12.7. The number of likely N-dealkylation sites (tertiary alicyclic amines) is 1. The number of aryl methyl sites for hydroxylation is 1. The Labute approximate surface area is 154 Å². The van der Waals surface area contributed by atoms with Crippen molar-refractivity contribution in [1.82, 2.24) is 24.4 Å². The van der Waals surface area contributed by atoms with E-state index < -0.39 is 0 Å². The average molecular weight is 356 g/mol. The first-order chi connectivity index (χ1) is 12.5. The number of nitrogens with two attached hydrogens (primary N) is 1. The summed E-state index contributed by atoms with van der Waals surface area (Å²) in [5.74, 6) is 2.50. The lowest BCUT2D eigenvalue weighted by atomic mass is 9.93. The molecule has 7 heteroatoms. The van der Waals surface area contributed by atoms with Crippen molar-refractivity contribution in [1.29, 1.82) is 0 Å². The Bertz CT molecular complexity index is 741. The molecule has 7 nitrogen and oxygen atoms in total. The molecule has 1 aliphatic rings. The van der Waals surface area contributed by atoms with Crippen molar-refractivity contribution in [2.75, 3.05) is 18.8 Å². The highest BCUT2D eigenvalue weighted by Crippen LogP contribution is 2.22. The third-order valence-corrected chi connectivity index (χ3v) is 4.99. The molecule has 1 saturated heterocycles. The first-order valence-corrected chi connectivity index (χ1v) is 9.38. The van der Waals surface area contributed by atoms with Gasteiger partial charge in [0.15, 0.2) is 0 Å². The van der Waals surface area contributed by atoms with E-state index in [9.17, 15) is 4.79 Å². The number of hydrogen-bond acceptors (Lipinski definition) is 5. The van der Waals surface area contributed by atoms with Gasteiger partial charge in [0, 0.05) is 56.8 Å². The number of hydrogen-bond donors (Lipinski definition) is 1. The maximum absolute atomic E-state index is 12.7. The summed E-state index contributed by atoms with van der Waals surface area (Å²) < 4.78 is 2.09. The van der Waals surface area contributed by atoms with E-state index >= 15 is 0 Å². The lowest BCUT2D eigenvalue weighted by molar-refractivity contribution is -0.133. The van der Waals surface area contributed by atoms with Gasteiger partial charge in [0.2, 0.25) is 5.91 Å². The number of rotatable bonds is 6. The van der Waals surface area contributed by atoms with E-state index in [2.05, 4.69) is 33.4 Å². The SMILES string of the molecule is CC(C)c1nccn1CCC(=O)N1CCC[C@H](Cc2nccnc2N)C1. The largest absolute Gasteiger partial charge is 0.382 e. The average Bonchev–Trinajstić information content (AvgIpc) is 3.11. The molecule has 0 unspecified atom stereocenters. The molecule has 2 N–H and O–H groups in total. The smallest absolute Gasteiger partial charge is 0.224 e. The standard InChI is InChI=1S/C19H28N6O/c1-14(2)19-23-8-11-24(19)10-5-17(26)25-9-3-4-15(13-25)12-16-18(20)22-7-6-21-16/h6-8,11,14-15H,3-5,9-10,12-13H2,1-2H3,(H2,20,22)/t15-/m1/s1. The van der Waals surface area contributed by atoms with Crippen LogP contribution in [0.25, 0.3) is 0 Å². The van der Waals surface area contributed by atoms with Crippen LogP contribution in [0.2, 0.25) is 0 Å². The third-order valence-electron chi connectivity index (χ3n) is 4.99. The van der Waals surface area contributed by atoms with Crippen molar-refractivity contribution < 1.29 is 4.79 Å². The molecule has 0 radical (unpaired) electrons. The number of piperidine rings is 1. The van der Waals surface area contributed by atoms with E-state index in [1.807, 2.05) is 17.3 Å². The van der Waals surface area contributed by atoms with Crippen LogP contribution in [-0.4, -0.2) is 43.4 Å². The van der Waals surface area contributed by atoms with Gasteiger partial charge in [-0.05, 0) is 25.2 Å². The van der Waals surface area contributed by atoms with Crippen molar-refractivity contribution in [3.63, 3.8) is 0 Å². The van der Waals surface area contributed by atoms with E-state index in [1.165, 1.54) is 0 Å². The highest BCUT2D eigenvalue weighted by molar-refractivity contribution is 5.76. The number of carbonyl (C=O) groups is 1. The van der Waals surface area contributed by atoms with E-state index in [0.29, 0.717) is 30.6 Å². The Hall–Kier alpha value is -2.44. The van der Waals surface area contributed by atoms with Crippen molar-refractivity contribution in [2.24, 2.45) is 5.92 Å². The lowest BCUT2D eigenvalue weighted by Crippen LogP contribution is -2.41. The van der Waals surface area contributed by atoms with Crippen LogP contribution < -0.4 is 5.73 Å². The van der Waals surface area contributed by atoms with Gasteiger partial charge in [0.1, 0.15) is 11.6 Å². The van der Waals surface area contributed by atoms with Crippen molar-refractivity contribution in [3.05, 3.63) is 36.3 Å². The summed E-state index contributed by atoms with van der Waals surface area (Å²) >= 11 is 0. The Balaban J connectivity index is 1.54. The Kier molecular flexibility index (Phi) is 5.85. The number of nitrogen functional groups attached to an aromatic ring is 1. The number of amides is 1. The first kappa shape index (κ1) is 18.4. The molecular formula is C19H28N6O. The van der Waals surface area contributed by atoms with Crippen LogP contribution in [0.3, 0.4) is 0 Å². The van der Waals surface area contributed by atoms with Gasteiger partial charge >= 0.3 is 0 Å². The molecule has 3 heterocycles. The lowest BCUT2D eigenvalue weighted by Gasteiger charge is -2.33. The Morgan fingerprint density at radius 1 is 1.27 bits per heavy atom. The number of aromatic nitrogens is 4. The zero-order valence-corrected chi connectivity index (χ0v) is 15.6. The summed E-state index contributed by atoms with van der Waals surface area (Å²) in [4.78, 5) is 27.5. The fraction of sp³-hybridized carbons (Fsp3) is 0.579. The summed E-state index contributed by atoms with van der Waals surface area (Å²) in [7, 11) is 0. The molecule has 0 saturated carbocycles. The molecule has 0 spiro atoms. The number of anilines is 1. The maximum Gasteiger partial charge on any atom is 0.224 e. The van der Waals surface area contributed by atoms with Crippen molar-refractivity contribution in [2.45, 2.75) is 52.0 Å². The van der Waals surface area contributed by atoms with Crippen LogP contribution in [0.1, 0.15) is 50.5 Å². The highest BCUT2D eigenvalue weighted by Gasteiger charge is 2.24. The summed E-state index contributed by atoms with van der Waals surface area (Å²) in [6.07, 6.45) is 10.5. The van der Waals surface area contributed by atoms with Gasteiger partial charge in [-0.1, -0.05) is 13.8 Å². The topological polar surface area (TPSA) is 89.9 Å².